The molecule has 1 N–H and O–H groups in total. The van der Waals surface area contributed by atoms with Crippen molar-refractivity contribution in [3.8, 4) is 11.5 Å². The number of halogens is 1. The van der Waals surface area contributed by atoms with Crippen LogP contribution in [-0.4, -0.2) is 32.3 Å². The number of benzene rings is 2. The summed E-state index contributed by atoms with van der Waals surface area (Å²) in [4.78, 5) is 12.6. The van der Waals surface area contributed by atoms with Gasteiger partial charge in [-0.2, -0.15) is 0 Å². The van der Waals surface area contributed by atoms with Crippen LogP contribution in [0.25, 0.3) is 0 Å². The third-order valence-electron chi connectivity index (χ3n) is 3.63. The Morgan fingerprint density at radius 2 is 1.88 bits per heavy atom. The van der Waals surface area contributed by atoms with Crippen molar-refractivity contribution in [3.63, 3.8) is 0 Å². The lowest BCUT2D eigenvalue weighted by Crippen LogP contribution is -2.14. The number of amides is 1. The summed E-state index contributed by atoms with van der Waals surface area (Å²) in [6.45, 7) is 7.75. The van der Waals surface area contributed by atoms with Crippen molar-refractivity contribution in [1.82, 2.24) is 0 Å². The van der Waals surface area contributed by atoms with Crippen LogP contribution in [0, 0.1) is 6.92 Å². The Bertz CT molecular complexity index is 749. The molecule has 0 aliphatic carbocycles. The number of anilines is 1. The average Bonchev–Trinajstić information content (AvgIpc) is 2.62. The lowest BCUT2D eigenvalue weighted by Gasteiger charge is -2.14. The van der Waals surface area contributed by atoms with Gasteiger partial charge in [0.15, 0.2) is 5.75 Å². The maximum absolute atomic E-state index is 12.6. The number of ether oxygens (including phenoxy) is 3. The highest BCUT2D eigenvalue weighted by Crippen LogP contribution is 2.33. The maximum atomic E-state index is 12.6. The second-order valence-electron chi connectivity index (χ2n) is 5.53. The Labute approximate surface area is 159 Å². The number of aryl methyl sites for hydroxylation is 1. The quantitative estimate of drug-likeness (QED) is 0.643. The number of carbonyl (C=O) groups excluding carboxylic acids is 1. The Kier molecular flexibility index (Phi) is 7.75. The van der Waals surface area contributed by atoms with E-state index in [-0.39, 0.29) is 5.91 Å². The van der Waals surface area contributed by atoms with Gasteiger partial charge >= 0.3 is 0 Å². The zero-order chi connectivity index (χ0) is 18.9. The van der Waals surface area contributed by atoms with Gasteiger partial charge in [0.25, 0.3) is 5.91 Å². The van der Waals surface area contributed by atoms with Crippen molar-refractivity contribution in [3.05, 3.63) is 52.5 Å². The average molecular weight is 378 g/mol. The monoisotopic (exact) mass is 377 g/mol. The predicted molar refractivity (Wildman–Crippen MR) is 104 cm³/mol. The van der Waals surface area contributed by atoms with Crippen LogP contribution in [0.5, 0.6) is 11.5 Å². The van der Waals surface area contributed by atoms with E-state index in [1.807, 2.05) is 20.8 Å². The lowest BCUT2D eigenvalue weighted by atomic mass is 10.1. The summed E-state index contributed by atoms with van der Waals surface area (Å²) in [5.74, 6) is 0.963. The van der Waals surface area contributed by atoms with E-state index in [9.17, 15) is 4.79 Å². The largest absolute Gasteiger partial charge is 0.494 e. The summed E-state index contributed by atoms with van der Waals surface area (Å²) in [5.41, 5.74) is 1.95. The van der Waals surface area contributed by atoms with E-state index in [1.54, 1.807) is 36.4 Å². The van der Waals surface area contributed by atoms with E-state index < -0.39 is 0 Å². The molecule has 0 aliphatic rings. The fourth-order valence-corrected chi connectivity index (χ4v) is 2.63. The molecular formula is C20H24ClNO4. The van der Waals surface area contributed by atoms with Crippen LogP contribution in [0.2, 0.25) is 5.02 Å². The molecule has 2 aromatic carbocycles. The zero-order valence-electron chi connectivity index (χ0n) is 15.3. The van der Waals surface area contributed by atoms with E-state index in [2.05, 4.69) is 5.32 Å². The smallest absolute Gasteiger partial charge is 0.255 e. The van der Waals surface area contributed by atoms with Gasteiger partial charge in [-0.05, 0) is 56.7 Å². The van der Waals surface area contributed by atoms with Gasteiger partial charge in [0.2, 0.25) is 0 Å². The molecule has 0 saturated heterocycles. The second-order valence-corrected chi connectivity index (χ2v) is 5.94. The topological polar surface area (TPSA) is 56.8 Å². The van der Waals surface area contributed by atoms with Crippen LogP contribution in [0.15, 0.2) is 36.4 Å². The second kappa shape index (κ2) is 10.0. The predicted octanol–water partition coefficient (Wildman–Crippen LogP) is 4.71. The van der Waals surface area contributed by atoms with E-state index >= 15 is 0 Å². The molecular weight excluding hydrogens is 354 g/mol. The van der Waals surface area contributed by atoms with Crippen molar-refractivity contribution in [1.29, 1.82) is 0 Å². The molecule has 2 aromatic rings. The summed E-state index contributed by atoms with van der Waals surface area (Å²) >= 11 is 6.22. The number of nitrogens with one attached hydrogen (secondary N) is 1. The van der Waals surface area contributed by atoms with Gasteiger partial charge in [-0.25, -0.2) is 0 Å². The van der Waals surface area contributed by atoms with Gasteiger partial charge in [-0.3, -0.25) is 4.79 Å². The number of para-hydroxylation sites is 1. The summed E-state index contributed by atoms with van der Waals surface area (Å²) < 4.78 is 16.5. The standard InChI is InChI=1S/C20H24ClNO4/c1-4-24-11-12-26-19-16(21)7-6-8-17(19)22-20(23)15-9-10-18(25-5-2)14(3)13-15/h6-10,13H,4-5,11-12H2,1-3H3,(H,22,23). The molecule has 1 amide bonds. The third kappa shape index (κ3) is 5.38. The van der Waals surface area contributed by atoms with E-state index in [1.165, 1.54) is 0 Å². The molecule has 5 nitrogen and oxygen atoms in total. The maximum Gasteiger partial charge on any atom is 0.255 e. The van der Waals surface area contributed by atoms with Crippen molar-refractivity contribution >= 4 is 23.2 Å². The Balaban J connectivity index is 2.13. The first-order valence-corrected chi connectivity index (χ1v) is 8.98. The molecule has 0 saturated carbocycles. The molecule has 2 rings (SSSR count). The molecule has 0 spiro atoms. The summed E-state index contributed by atoms with van der Waals surface area (Å²) in [6.07, 6.45) is 0. The molecule has 0 aliphatic heterocycles. The highest BCUT2D eigenvalue weighted by Gasteiger charge is 2.14. The van der Waals surface area contributed by atoms with Crippen LogP contribution in [0.3, 0.4) is 0 Å². The van der Waals surface area contributed by atoms with Gasteiger partial charge in [-0.15, -0.1) is 0 Å². The molecule has 0 fully saturated rings. The molecule has 0 atom stereocenters. The minimum Gasteiger partial charge on any atom is -0.494 e. The zero-order valence-corrected chi connectivity index (χ0v) is 16.1. The van der Waals surface area contributed by atoms with Crippen molar-refractivity contribution in [2.45, 2.75) is 20.8 Å². The van der Waals surface area contributed by atoms with Crippen LogP contribution in [-0.2, 0) is 4.74 Å². The van der Waals surface area contributed by atoms with Crippen LogP contribution in [0.1, 0.15) is 29.8 Å². The Morgan fingerprint density at radius 3 is 2.58 bits per heavy atom. The molecule has 6 heteroatoms. The molecule has 0 radical (unpaired) electrons. The van der Waals surface area contributed by atoms with Crippen molar-refractivity contribution in [2.24, 2.45) is 0 Å². The molecule has 26 heavy (non-hydrogen) atoms. The fraction of sp³-hybridized carbons (Fsp3) is 0.350. The molecule has 0 bridgehead atoms. The first kappa shape index (κ1) is 20.1. The molecule has 0 aromatic heterocycles. The van der Waals surface area contributed by atoms with E-state index in [4.69, 9.17) is 25.8 Å². The Hall–Kier alpha value is -2.24. The summed E-state index contributed by atoms with van der Waals surface area (Å²) in [6, 6.07) is 10.5. The number of hydrogen-bond donors (Lipinski definition) is 1. The van der Waals surface area contributed by atoms with E-state index in [0.717, 1.165) is 11.3 Å². The third-order valence-corrected chi connectivity index (χ3v) is 3.93. The minimum absolute atomic E-state index is 0.243. The van der Waals surface area contributed by atoms with Gasteiger partial charge in [-0.1, -0.05) is 17.7 Å². The number of rotatable bonds is 9. The van der Waals surface area contributed by atoms with Crippen molar-refractivity contribution < 1.29 is 19.0 Å². The van der Waals surface area contributed by atoms with Gasteiger partial charge in [0, 0.05) is 12.2 Å². The van der Waals surface area contributed by atoms with Crippen LogP contribution < -0.4 is 14.8 Å². The Morgan fingerprint density at radius 1 is 1.08 bits per heavy atom. The highest BCUT2D eigenvalue weighted by molar-refractivity contribution is 6.32. The molecule has 140 valence electrons. The molecule has 0 heterocycles. The van der Waals surface area contributed by atoms with Crippen LogP contribution in [0.4, 0.5) is 5.69 Å². The number of hydrogen-bond acceptors (Lipinski definition) is 4. The van der Waals surface area contributed by atoms with E-state index in [0.29, 0.717) is 48.5 Å². The summed E-state index contributed by atoms with van der Waals surface area (Å²) in [7, 11) is 0. The van der Waals surface area contributed by atoms with Gasteiger partial charge < -0.3 is 19.5 Å². The highest BCUT2D eigenvalue weighted by atomic mass is 35.5. The summed E-state index contributed by atoms with van der Waals surface area (Å²) in [5, 5.41) is 3.29. The van der Waals surface area contributed by atoms with Gasteiger partial charge in [0.1, 0.15) is 12.4 Å². The van der Waals surface area contributed by atoms with Gasteiger partial charge in [0.05, 0.1) is 23.9 Å². The molecule has 0 unspecified atom stereocenters. The number of carbonyl (C=O) groups is 1. The SMILES string of the molecule is CCOCCOc1c(Cl)cccc1NC(=O)c1ccc(OCC)c(C)c1. The minimum atomic E-state index is -0.243. The lowest BCUT2D eigenvalue weighted by molar-refractivity contribution is 0.102. The fourth-order valence-electron chi connectivity index (χ4n) is 2.40. The van der Waals surface area contributed by atoms with Crippen molar-refractivity contribution in [2.75, 3.05) is 31.7 Å². The first-order valence-electron chi connectivity index (χ1n) is 8.60. The first-order chi connectivity index (χ1) is 12.6. The normalized spacial score (nSPS) is 10.5. The van der Waals surface area contributed by atoms with Crippen LogP contribution >= 0.6 is 11.6 Å².